The van der Waals surface area contributed by atoms with E-state index in [2.05, 4.69) is 25.6 Å². The van der Waals surface area contributed by atoms with Crippen LogP contribution in [-0.2, 0) is 6.18 Å². The number of hydrogen-bond donors (Lipinski definition) is 2. The molecule has 3 heterocycles. The van der Waals surface area contributed by atoms with Gasteiger partial charge in [-0.3, -0.25) is 0 Å². The second kappa shape index (κ2) is 8.41. The third kappa shape index (κ3) is 5.26. The Morgan fingerprint density at radius 1 is 1.12 bits per heavy atom. The number of halogens is 3. The number of rotatable bonds is 4. The molecule has 0 aliphatic carbocycles. The lowest BCUT2D eigenvalue weighted by atomic mass is 10.1. The topological polar surface area (TPSA) is 97.2 Å². The fraction of sp³-hybridized carbons (Fsp3) is 0.429. The van der Waals surface area contributed by atoms with Gasteiger partial charge in [0.05, 0.1) is 11.8 Å². The van der Waals surface area contributed by atoms with E-state index >= 15 is 0 Å². The van der Waals surface area contributed by atoms with Gasteiger partial charge in [0.1, 0.15) is 5.52 Å². The van der Waals surface area contributed by atoms with Crippen LogP contribution in [0.25, 0.3) is 11.2 Å². The third-order valence-corrected chi connectivity index (χ3v) is 4.83. The predicted octanol–water partition coefficient (Wildman–Crippen LogP) is 4.44. The maximum Gasteiger partial charge on any atom is 0.434 e. The van der Waals surface area contributed by atoms with Crippen molar-refractivity contribution in [1.29, 1.82) is 0 Å². The summed E-state index contributed by atoms with van der Waals surface area (Å²) in [5.74, 6) is 0.290. The molecule has 0 spiro atoms. The van der Waals surface area contributed by atoms with E-state index in [1.54, 1.807) is 4.90 Å². The molecular formula is C21H24F3N7O2. The first-order valence-corrected chi connectivity index (χ1v) is 10.4. The zero-order valence-electron chi connectivity index (χ0n) is 18.4. The van der Waals surface area contributed by atoms with Gasteiger partial charge in [0, 0.05) is 24.3 Å². The molecule has 1 aliphatic rings. The van der Waals surface area contributed by atoms with E-state index in [-0.39, 0.29) is 22.8 Å². The fourth-order valence-corrected chi connectivity index (χ4v) is 3.35. The molecule has 12 heteroatoms. The molecule has 1 saturated heterocycles. The van der Waals surface area contributed by atoms with Crippen molar-refractivity contribution < 1.29 is 22.8 Å². The Kier molecular flexibility index (Phi) is 5.76. The van der Waals surface area contributed by atoms with Gasteiger partial charge in [0.2, 0.25) is 17.5 Å². The zero-order valence-corrected chi connectivity index (χ0v) is 18.4. The Hall–Kier alpha value is -3.57. The summed E-state index contributed by atoms with van der Waals surface area (Å²) in [5, 5.41) is 5.94. The number of hydrogen-bond acceptors (Lipinski definition) is 7. The molecule has 1 fully saturated rings. The average molecular weight is 463 g/mol. The highest BCUT2D eigenvalue weighted by molar-refractivity contribution is 5.78. The quantitative estimate of drug-likeness (QED) is 0.590. The summed E-state index contributed by atoms with van der Waals surface area (Å²) in [4.78, 5) is 32.8. The van der Waals surface area contributed by atoms with E-state index < -0.39 is 17.8 Å². The molecule has 0 saturated carbocycles. The van der Waals surface area contributed by atoms with Crippen LogP contribution < -0.4 is 15.5 Å². The maximum absolute atomic E-state index is 13.1. The van der Waals surface area contributed by atoms with E-state index in [0.717, 1.165) is 29.7 Å². The number of carbonyl (C=O) groups excluding carboxylic acids is 1. The lowest BCUT2D eigenvalue weighted by Gasteiger charge is -2.20. The van der Waals surface area contributed by atoms with Crippen molar-refractivity contribution in [2.45, 2.75) is 45.3 Å². The molecular weight excluding hydrogens is 439 g/mol. The van der Waals surface area contributed by atoms with Gasteiger partial charge in [0.25, 0.3) is 0 Å². The molecule has 1 amide bonds. The zero-order chi connectivity index (χ0) is 23.8. The number of anilines is 3. The summed E-state index contributed by atoms with van der Waals surface area (Å²) < 4.78 is 40.5. The van der Waals surface area contributed by atoms with E-state index in [0.29, 0.717) is 24.6 Å². The normalized spacial score (nSPS) is 14.5. The van der Waals surface area contributed by atoms with Crippen LogP contribution in [0.1, 0.15) is 39.2 Å². The van der Waals surface area contributed by atoms with E-state index in [9.17, 15) is 18.0 Å². The van der Waals surface area contributed by atoms with Crippen LogP contribution in [-0.4, -0.2) is 49.3 Å². The molecule has 0 radical (unpaired) electrons. The number of alkyl halides is 3. The Balaban J connectivity index is 1.73. The van der Waals surface area contributed by atoms with Crippen LogP contribution in [0.5, 0.6) is 0 Å². The number of benzene rings is 1. The summed E-state index contributed by atoms with van der Waals surface area (Å²) in [7, 11) is 0. The molecule has 1 aromatic carbocycles. The molecule has 4 rings (SSSR count). The molecule has 0 bridgehead atoms. The van der Waals surface area contributed by atoms with Gasteiger partial charge in [-0.05, 0) is 51.8 Å². The molecule has 9 nitrogen and oxygen atoms in total. The van der Waals surface area contributed by atoms with E-state index in [1.165, 1.54) is 18.3 Å². The molecule has 2 aromatic heterocycles. The minimum Gasteiger partial charge on any atom is -0.350 e. The highest BCUT2D eigenvalue weighted by Gasteiger charge is 2.31. The summed E-state index contributed by atoms with van der Waals surface area (Å²) in [6.07, 6.45) is -1.90. The molecule has 33 heavy (non-hydrogen) atoms. The highest BCUT2D eigenvalue weighted by Crippen LogP contribution is 2.31. The maximum atomic E-state index is 13.1. The monoisotopic (exact) mass is 463 g/mol. The summed E-state index contributed by atoms with van der Waals surface area (Å²) in [6, 6.07) is 4.65. The smallest absolute Gasteiger partial charge is 0.350 e. The second-order valence-electron chi connectivity index (χ2n) is 8.76. The number of nitrogens with zero attached hydrogens (tertiary/aromatic N) is 5. The van der Waals surface area contributed by atoms with Crippen molar-refractivity contribution in [2.24, 2.45) is 0 Å². The largest absolute Gasteiger partial charge is 0.434 e. The standard InChI is InChI=1S/C21H24F3N7O2/c1-20(2,3)29-17-25-12-15-16(28-17)31(33-19(32)30-9-4-5-10-30)18(27-15)26-14-8-6-7-13(11-14)21(22,23)24/h6-8,11-12H,4-5,9-10H2,1-3H3,(H,26,27)(H,25,28,29). The van der Waals surface area contributed by atoms with Crippen molar-refractivity contribution in [3.05, 3.63) is 36.0 Å². The minimum absolute atomic E-state index is 0.000852. The molecule has 176 valence electrons. The summed E-state index contributed by atoms with van der Waals surface area (Å²) in [6.45, 7) is 6.94. The van der Waals surface area contributed by atoms with Crippen LogP contribution >= 0.6 is 0 Å². The molecule has 2 N–H and O–H groups in total. The number of imidazole rings is 1. The van der Waals surface area contributed by atoms with Gasteiger partial charge >= 0.3 is 12.3 Å². The Bertz CT molecular complexity index is 1160. The Labute approximate surface area is 187 Å². The van der Waals surface area contributed by atoms with Crippen molar-refractivity contribution in [3.63, 3.8) is 0 Å². The molecule has 1 aliphatic heterocycles. The molecule has 3 aromatic rings. The first-order valence-electron chi connectivity index (χ1n) is 10.4. The number of nitrogens with one attached hydrogen (secondary N) is 2. The van der Waals surface area contributed by atoms with Gasteiger partial charge in [-0.1, -0.05) is 6.07 Å². The summed E-state index contributed by atoms with van der Waals surface area (Å²) in [5.41, 5.74) is -0.527. The van der Waals surface area contributed by atoms with Crippen molar-refractivity contribution in [3.8, 4) is 0 Å². The van der Waals surface area contributed by atoms with Gasteiger partial charge in [-0.2, -0.15) is 18.2 Å². The Morgan fingerprint density at radius 3 is 2.52 bits per heavy atom. The highest BCUT2D eigenvalue weighted by atomic mass is 19.4. The third-order valence-electron chi connectivity index (χ3n) is 4.83. The van der Waals surface area contributed by atoms with Crippen LogP contribution in [0.15, 0.2) is 30.5 Å². The van der Waals surface area contributed by atoms with Gasteiger partial charge in [0.15, 0.2) is 0 Å². The molecule has 0 atom stereocenters. The lowest BCUT2D eigenvalue weighted by molar-refractivity contribution is -0.137. The van der Waals surface area contributed by atoms with Crippen molar-refractivity contribution >= 4 is 34.8 Å². The number of amides is 1. The van der Waals surface area contributed by atoms with E-state index in [4.69, 9.17) is 4.84 Å². The first-order chi connectivity index (χ1) is 15.5. The second-order valence-corrected chi connectivity index (χ2v) is 8.76. The van der Waals surface area contributed by atoms with Gasteiger partial charge < -0.3 is 20.4 Å². The predicted molar refractivity (Wildman–Crippen MR) is 116 cm³/mol. The number of fused-ring (bicyclic) bond motifs is 1. The lowest BCUT2D eigenvalue weighted by Crippen LogP contribution is -2.35. The van der Waals surface area contributed by atoms with E-state index in [1.807, 2.05) is 20.8 Å². The van der Waals surface area contributed by atoms with Crippen LogP contribution in [0.2, 0.25) is 0 Å². The van der Waals surface area contributed by atoms with Crippen LogP contribution in [0.4, 0.5) is 35.5 Å². The summed E-state index contributed by atoms with van der Waals surface area (Å²) >= 11 is 0. The SMILES string of the molecule is CC(C)(C)Nc1ncc2nc(Nc3cccc(C(F)(F)F)c3)n(OC(=O)N3CCCC3)c2n1. The average Bonchev–Trinajstić information content (AvgIpc) is 3.36. The van der Waals surface area contributed by atoms with Gasteiger partial charge in [-0.25, -0.2) is 14.8 Å². The Morgan fingerprint density at radius 2 is 1.85 bits per heavy atom. The van der Waals surface area contributed by atoms with Gasteiger partial charge in [-0.15, -0.1) is 4.73 Å². The van der Waals surface area contributed by atoms with Crippen LogP contribution in [0, 0.1) is 0 Å². The fourth-order valence-electron chi connectivity index (χ4n) is 3.35. The molecule has 0 unspecified atom stereocenters. The van der Waals surface area contributed by atoms with Crippen molar-refractivity contribution in [2.75, 3.05) is 23.7 Å². The van der Waals surface area contributed by atoms with Crippen LogP contribution in [0.3, 0.4) is 0 Å². The minimum atomic E-state index is -4.50. The number of aromatic nitrogens is 4. The first kappa shape index (κ1) is 22.6. The number of carbonyl (C=O) groups is 1. The van der Waals surface area contributed by atoms with Crippen molar-refractivity contribution in [1.82, 2.24) is 24.6 Å². The number of likely N-dealkylation sites (tertiary alicyclic amines) is 1.